The van der Waals surface area contributed by atoms with Crippen LogP contribution in [-0.4, -0.2) is 50.4 Å². The first-order valence-electron chi connectivity index (χ1n) is 14.1. The first-order chi connectivity index (χ1) is 20.7. The van der Waals surface area contributed by atoms with Gasteiger partial charge in [-0.2, -0.15) is 0 Å². The number of benzene rings is 3. The van der Waals surface area contributed by atoms with E-state index in [1.807, 2.05) is 0 Å². The van der Waals surface area contributed by atoms with Gasteiger partial charge >= 0.3 is 15.1 Å². The Kier molecular flexibility index (Phi) is 12.6. The number of hydrogen-bond donors (Lipinski definition) is 0. The van der Waals surface area contributed by atoms with E-state index >= 15 is 0 Å². The van der Waals surface area contributed by atoms with E-state index in [1.54, 1.807) is 112 Å². The second-order valence-corrected chi connectivity index (χ2v) is 11.0. The van der Waals surface area contributed by atoms with Gasteiger partial charge in [-0.25, -0.2) is 0 Å². The lowest BCUT2D eigenvalue weighted by Gasteiger charge is -2.21. The lowest BCUT2D eigenvalue weighted by Crippen LogP contribution is -2.42. The molecule has 222 valence electrons. The predicted molar refractivity (Wildman–Crippen MR) is 158 cm³/mol. The third-order valence-corrected chi connectivity index (χ3v) is 8.11. The van der Waals surface area contributed by atoms with Gasteiger partial charge in [-0.1, -0.05) is 112 Å². The van der Waals surface area contributed by atoms with Crippen molar-refractivity contribution in [1.29, 1.82) is 0 Å². The molecule has 0 aliphatic rings. The molecule has 9 nitrogen and oxygen atoms in total. The summed E-state index contributed by atoms with van der Waals surface area (Å²) in [5.41, 5.74) is 0.826. The minimum atomic E-state index is -4.03. The van der Waals surface area contributed by atoms with Crippen molar-refractivity contribution < 1.29 is 40.1 Å². The number of carbonyl (C=O) groups excluding carboxylic acids is 6. The molecule has 3 unspecified atom stereocenters. The summed E-state index contributed by atoms with van der Waals surface area (Å²) < 4.78 is 16.3. The molecule has 43 heavy (non-hydrogen) atoms. The summed E-state index contributed by atoms with van der Waals surface area (Å²) in [4.78, 5) is 78.8. The summed E-state index contributed by atoms with van der Waals surface area (Å²) in [5.74, 6) is -8.49. The van der Waals surface area contributed by atoms with E-state index in [1.165, 1.54) is 0 Å². The zero-order valence-electron chi connectivity index (χ0n) is 24.3. The molecule has 0 N–H and O–H groups in total. The second kappa shape index (κ2) is 16.3. The van der Waals surface area contributed by atoms with Crippen LogP contribution in [0.4, 0.5) is 0 Å². The Bertz CT molecular complexity index is 1250. The molecule has 0 aromatic heterocycles. The summed E-state index contributed by atoms with van der Waals surface area (Å²) in [5, 5.41) is 0. The van der Waals surface area contributed by atoms with E-state index < -0.39 is 68.2 Å². The highest BCUT2D eigenvalue weighted by atomic mass is 27.3. The van der Waals surface area contributed by atoms with E-state index in [0.29, 0.717) is 0 Å². The Labute approximate surface area is 255 Å². The Morgan fingerprint density at radius 3 is 0.907 bits per heavy atom. The van der Waals surface area contributed by atoms with E-state index in [9.17, 15) is 28.8 Å². The smallest absolute Gasteiger partial charge is 0.550 e. The maximum absolute atomic E-state index is 13.2. The highest BCUT2D eigenvalue weighted by Gasteiger charge is 2.53. The van der Waals surface area contributed by atoms with Crippen LogP contribution in [0.2, 0.25) is 0 Å². The summed E-state index contributed by atoms with van der Waals surface area (Å²) in [7, 11) is 0. The fourth-order valence-electron chi connectivity index (χ4n) is 4.39. The van der Waals surface area contributed by atoms with Crippen molar-refractivity contribution in [3.05, 3.63) is 108 Å². The molecule has 0 fully saturated rings. The Balaban J connectivity index is 1.86. The van der Waals surface area contributed by atoms with E-state index in [4.69, 9.17) is 11.4 Å². The molecule has 10 heteroatoms. The molecule has 0 saturated carbocycles. The Morgan fingerprint density at radius 2 is 0.698 bits per heavy atom. The predicted octanol–water partition coefficient (Wildman–Crippen LogP) is 5.33. The van der Waals surface area contributed by atoms with Crippen LogP contribution in [0, 0.1) is 17.8 Å². The van der Waals surface area contributed by atoms with Crippen molar-refractivity contribution in [2.45, 2.75) is 40.0 Å². The first kappa shape index (κ1) is 33.1. The molecule has 0 aliphatic carbocycles. The van der Waals surface area contributed by atoms with Gasteiger partial charge in [0.05, 0.1) is 0 Å². The van der Waals surface area contributed by atoms with Gasteiger partial charge in [-0.15, -0.1) is 0 Å². The molecular weight excluding hydrogens is 567 g/mol. The molecule has 0 bridgehead atoms. The third-order valence-electron chi connectivity index (χ3n) is 6.84. The van der Waals surface area contributed by atoms with Crippen molar-refractivity contribution in [2.24, 2.45) is 17.8 Å². The number of hydrogen-bond acceptors (Lipinski definition) is 9. The van der Waals surface area contributed by atoms with Gasteiger partial charge < -0.3 is 11.4 Å². The lowest BCUT2D eigenvalue weighted by atomic mass is 9.95. The highest BCUT2D eigenvalue weighted by Crippen LogP contribution is 2.20. The molecule has 0 spiro atoms. The third kappa shape index (κ3) is 8.80. The fourth-order valence-corrected chi connectivity index (χ4v) is 5.60. The van der Waals surface area contributed by atoms with Crippen LogP contribution in [0.25, 0.3) is 0 Å². The molecule has 0 saturated heterocycles. The second-order valence-electron chi connectivity index (χ2n) is 9.67. The Morgan fingerprint density at radius 1 is 0.465 bits per heavy atom. The molecular formula is C33H33AlO9. The summed E-state index contributed by atoms with van der Waals surface area (Å²) in [6, 6.07) is 24.4. The summed E-state index contributed by atoms with van der Waals surface area (Å²) in [6.07, 6.45) is 0.178. The maximum atomic E-state index is 13.2. The standard InChI is InChI=1S/3C11H12O3.Al/c3*1-2-9(11(13)14)10(12)8-6-4-3-5-7-8;/h3*3-7,9H,2H2,1H3,(H,13,14);/q;;;+3/p-3. The van der Waals surface area contributed by atoms with Crippen molar-refractivity contribution in [3.8, 4) is 0 Å². The van der Waals surface area contributed by atoms with Gasteiger partial charge in [-0.05, 0) is 19.3 Å². The van der Waals surface area contributed by atoms with Crippen LogP contribution < -0.4 is 0 Å². The minimum absolute atomic E-state index is 0.0593. The van der Waals surface area contributed by atoms with Crippen LogP contribution in [0.3, 0.4) is 0 Å². The van der Waals surface area contributed by atoms with E-state index in [0.717, 1.165) is 0 Å². The lowest BCUT2D eigenvalue weighted by molar-refractivity contribution is -0.151. The number of Topliss-reactive ketones (excluding diaryl/α,β-unsaturated/α-hetero) is 3. The van der Waals surface area contributed by atoms with Gasteiger partial charge in [0.25, 0.3) is 17.9 Å². The van der Waals surface area contributed by atoms with Gasteiger partial charge in [0.1, 0.15) is 17.8 Å². The van der Waals surface area contributed by atoms with Crippen LogP contribution in [0.5, 0.6) is 0 Å². The van der Waals surface area contributed by atoms with Crippen LogP contribution >= 0.6 is 0 Å². The van der Waals surface area contributed by atoms with Crippen LogP contribution in [-0.2, 0) is 25.7 Å². The highest BCUT2D eigenvalue weighted by molar-refractivity contribution is 6.45. The number of carbonyl (C=O) groups is 6. The SMILES string of the molecule is CCC(C(=O)[O][Al]([O]C(=O)C(CC)C(=O)c1ccccc1)[O]C(=O)C(CC)C(=O)c1ccccc1)C(=O)c1ccccc1. The average molecular weight is 601 g/mol. The van der Waals surface area contributed by atoms with Crippen molar-refractivity contribution in [1.82, 2.24) is 0 Å². The normalized spacial score (nSPS) is 12.6. The monoisotopic (exact) mass is 600 g/mol. The number of ketones is 3. The largest absolute Gasteiger partial charge is 1.20 e. The molecule has 0 heterocycles. The minimum Gasteiger partial charge on any atom is -0.550 e. The van der Waals surface area contributed by atoms with Crippen LogP contribution in [0.15, 0.2) is 91.0 Å². The molecule has 3 atom stereocenters. The van der Waals surface area contributed by atoms with E-state index in [-0.39, 0.29) is 36.0 Å². The van der Waals surface area contributed by atoms with Crippen molar-refractivity contribution >= 4 is 50.4 Å². The topological polar surface area (TPSA) is 130 Å². The molecule has 0 aliphatic heterocycles. The van der Waals surface area contributed by atoms with Gasteiger partial charge in [0.2, 0.25) is 0 Å². The van der Waals surface area contributed by atoms with Gasteiger partial charge in [0.15, 0.2) is 17.3 Å². The first-order valence-corrected chi connectivity index (χ1v) is 15.5. The zero-order chi connectivity index (χ0) is 31.4. The van der Waals surface area contributed by atoms with Gasteiger partial charge in [0, 0.05) is 16.7 Å². The Hall–Kier alpha value is -4.39. The molecule has 0 radical (unpaired) electrons. The summed E-state index contributed by atoms with van der Waals surface area (Å²) in [6.45, 7) is 4.83. The molecule has 3 rings (SSSR count). The quantitative estimate of drug-likeness (QED) is 0.129. The zero-order valence-corrected chi connectivity index (χ0v) is 25.4. The summed E-state index contributed by atoms with van der Waals surface area (Å²) >= 11 is -4.03. The van der Waals surface area contributed by atoms with E-state index in [2.05, 4.69) is 0 Å². The van der Waals surface area contributed by atoms with Crippen molar-refractivity contribution in [3.63, 3.8) is 0 Å². The van der Waals surface area contributed by atoms with Crippen LogP contribution in [0.1, 0.15) is 71.1 Å². The fraction of sp³-hybridized carbons (Fsp3) is 0.273. The number of rotatable bonds is 15. The molecule has 3 aromatic rings. The average Bonchev–Trinajstić information content (AvgIpc) is 3.03. The van der Waals surface area contributed by atoms with Gasteiger partial charge in [-0.3, -0.25) is 28.8 Å². The maximum Gasteiger partial charge on any atom is 1.20 e. The molecule has 3 aromatic carbocycles. The van der Waals surface area contributed by atoms with Crippen molar-refractivity contribution in [2.75, 3.05) is 0 Å². The molecule has 0 amide bonds.